The molecule has 3 rings (SSSR count). The number of piperidine rings is 1. The number of carbonyl (C=O) groups is 1. The highest BCUT2D eigenvalue weighted by atomic mass is 19.4. The van der Waals surface area contributed by atoms with Gasteiger partial charge in [0.1, 0.15) is 5.69 Å². The third-order valence-electron chi connectivity index (χ3n) is 5.56. The number of alkyl halides is 3. The molecule has 1 aliphatic rings. The van der Waals surface area contributed by atoms with Crippen LogP contribution in [-0.4, -0.2) is 35.4 Å². The monoisotopic (exact) mass is 447 g/mol. The number of hydrogen-bond acceptors (Lipinski definition) is 4. The van der Waals surface area contributed by atoms with E-state index in [1.165, 1.54) is 0 Å². The smallest absolute Gasteiger partial charge is 0.366 e. The number of amides is 1. The lowest BCUT2D eigenvalue weighted by Crippen LogP contribution is -2.42. The first-order chi connectivity index (χ1) is 15.2. The molecule has 32 heavy (non-hydrogen) atoms. The summed E-state index contributed by atoms with van der Waals surface area (Å²) in [6.07, 6.45) is -2.07. The van der Waals surface area contributed by atoms with Crippen LogP contribution in [-0.2, 0) is 17.5 Å². The molecule has 0 bridgehead atoms. The maximum absolute atomic E-state index is 13.1. The molecular formula is C23H24F3N3O3. The summed E-state index contributed by atoms with van der Waals surface area (Å²) in [5, 5.41) is 11.4. The Morgan fingerprint density at radius 1 is 1.19 bits per heavy atom. The lowest BCUT2D eigenvalue weighted by atomic mass is 9.94. The molecule has 9 heteroatoms. The van der Waals surface area contributed by atoms with Crippen molar-refractivity contribution in [3.05, 3.63) is 82.4 Å². The zero-order valence-electron chi connectivity index (χ0n) is 17.4. The summed E-state index contributed by atoms with van der Waals surface area (Å²) in [4.78, 5) is 27.1. The Balaban J connectivity index is 1.70. The molecule has 0 saturated carbocycles. The van der Waals surface area contributed by atoms with Crippen LogP contribution in [0.15, 0.2) is 61.2 Å². The van der Waals surface area contributed by atoms with Gasteiger partial charge in [0.2, 0.25) is 5.91 Å². The molecule has 0 atom stereocenters. The van der Waals surface area contributed by atoms with Crippen molar-refractivity contribution in [1.29, 1.82) is 0 Å². The normalized spacial score (nSPS) is 14.8. The molecule has 1 heterocycles. The van der Waals surface area contributed by atoms with Crippen molar-refractivity contribution in [1.82, 2.24) is 4.90 Å². The summed E-state index contributed by atoms with van der Waals surface area (Å²) in [6.45, 7) is 5.27. The van der Waals surface area contributed by atoms with E-state index in [-0.39, 0.29) is 17.5 Å². The van der Waals surface area contributed by atoms with E-state index in [0.717, 1.165) is 17.7 Å². The zero-order valence-corrected chi connectivity index (χ0v) is 17.4. The molecule has 0 unspecified atom stereocenters. The van der Waals surface area contributed by atoms with Gasteiger partial charge in [-0.2, -0.15) is 13.2 Å². The summed E-state index contributed by atoms with van der Waals surface area (Å²) in [7, 11) is 0. The standard InChI is InChI=1S/C23H24F3N3O3/c1-2-12-28(16-17-6-4-3-5-7-17)22(30)18-10-13-27(14-11-18)20-9-8-19(23(24,25)26)15-21(20)29(31)32/h2-9,15,18H,1,10-14,16H2. The first-order valence-corrected chi connectivity index (χ1v) is 10.2. The van der Waals surface area contributed by atoms with Crippen LogP contribution in [0.2, 0.25) is 0 Å². The molecule has 0 N–H and O–H groups in total. The molecule has 0 radical (unpaired) electrons. The Morgan fingerprint density at radius 3 is 2.41 bits per heavy atom. The van der Waals surface area contributed by atoms with Gasteiger partial charge in [0, 0.05) is 38.2 Å². The number of halogens is 3. The van der Waals surface area contributed by atoms with E-state index < -0.39 is 22.4 Å². The van der Waals surface area contributed by atoms with E-state index >= 15 is 0 Å². The second-order valence-electron chi connectivity index (χ2n) is 7.71. The molecule has 1 fully saturated rings. The molecule has 0 spiro atoms. The minimum Gasteiger partial charge on any atom is -0.366 e. The molecule has 6 nitrogen and oxygen atoms in total. The van der Waals surface area contributed by atoms with E-state index in [4.69, 9.17) is 0 Å². The van der Waals surface area contributed by atoms with Gasteiger partial charge in [0.05, 0.1) is 10.5 Å². The fourth-order valence-corrected chi connectivity index (χ4v) is 3.93. The van der Waals surface area contributed by atoms with Crippen LogP contribution < -0.4 is 4.90 Å². The van der Waals surface area contributed by atoms with Gasteiger partial charge in [0.25, 0.3) is 5.69 Å². The summed E-state index contributed by atoms with van der Waals surface area (Å²) in [5.41, 5.74) is -0.498. The third-order valence-corrected chi connectivity index (χ3v) is 5.56. The van der Waals surface area contributed by atoms with Crippen LogP contribution >= 0.6 is 0 Å². The van der Waals surface area contributed by atoms with Crippen molar-refractivity contribution >= 4 is 17.3 Å². The molecule has 0 aliphatic carbocycles. The van der Waals surface area contributed by atoms with Gasteiger partial charge < -0.3 is 9.80 Å². The fourth-order valence-electron chi connectivity index (χ4n) is 3.93. The highest BCUT2D eigenvalue weighted by Gasteiger charge is 2.35. The summed E-state index contributed by atoms with van der Waals surface area (Å²) < 4.78 is 38.9. The van der Waals surface area contributed by atoms with Crippen molar-refractivity contribution in [2.75, 3.05) is 24.5 Å². The van der Waals surface area contributed by atoms with Gasteiger partial charge in [-0.3, -0.25) is 14.9 Å². The quantitative estimate of drug-likeness (QED) is 0.339. The molecule has 2 aromatic rings. The van der Waals surface area contributed by atoms with Crippen LogP contribution in [0.1, 0.15) is 24.0 Å². The van der Waals surface area contributed by atoms with Crippen LogP contribution in [0.25, 0.3) is 0 Å². The summed E-state index contributed by atoms with van der Waals surface area (Å²) in [6, 6.07) is 12.2. The summed E-state index contributed by atoms with van der Waals surface area (Å²) in [5.74, 6) is -0.279. The van der Waals surface area contributed by atoms with E-state index in [1.54, 1.807) is 15.9 Å². The lowest BCUT2D eigenvalue weighted by molar-refractivity contribution is -0.384. The second-order valence-corrected chi connectivity index (χ2v) is 7.71. The Labute approximate surface area is 184 Å². The van der Waals surface area contributed by atoms with Crippen LogP contribution in [0.5, 0.6) is 0 Å². The average molecular weight is 447 g/mol. The third kappa shape index (κ3) is 5.46. The van der Waals surface area contributed by atoms with Gasteiger partial charge in [-0.1, -0.05) is 36.4 Å². The second kappa shape index (κ2) is 9.84. The Bertz CT molecular complexity index is 971. The zero-order chi connectivity index (χ0) is 23.3. The van der Waals surface area contributed by atoms with Crippen molar-refractivity contribution < 1.29 is 22.9 Å². The van der Waals surface area contributed by atoms with Crippen molar-refractivity contribution in [2.45, 2.75) is 25.6 Å². The predicted molar refractivity (Wildman–Crippen MR) is 115 cm³/mol. The number of rotatable bonds is 7. The topological polar surface area (TPSA) is 66.7 Å². The van der Waals surface area contributed by atoms with E-state index in [1.807, 2.05) is 30.3 Å². The number of nitro benzene ring substituents is 1. The molecule has 0 aromatic heterocycles. The number of benzene rings is 2. The molecule has 1 aliphatic heterocycles. The molecular weight excluding hydrogens is 423 g/mol. The Morgan fingerprint density at radius 2 is 1.84 bits per heavy atom. The van der Waals surface area contributed by atoms with Gasteiger partial charge in [-0.15, -0.1) is 6.58 Å². The fraction of sp³-hybridized carbons (Fsp3) is 0.348. The predicted octanol–water partition coefficient (Wildman–Crippen LogP) is 5.04. The van der Waals surface area contributed by atoms with Crippen molar-refractivity contribution in [3.8, 4) is 0 Å². The molecule has 1 amide bonds. The Kier molecular flexibility index (Phi) is 7.17. The number of hydrogen-bond donors (Lipinski definition) is 0. The maximum Gasteiger partial charge on any atom is 0.416 e. The number of carbonyl (C=O) groups excluding carboxylic acids is 1. The van der Waals surface area contributed by atoms with Crippen molar-refractivity contribution in [3.63, 3.8) is 0 Å². The molecule has 2 aromatic carbocycles. The van der Waals surface area contributed by atoms with E-state index in [0.29, 0.717) is 45.1 Å². The molecule has 170 valence electrons. The highest BCUT2D eigenvalue weighted by molar-refractivity contribution is 5.79. The van der Waals surface area contributed by atoms with Crippen LogP contribution in [0.4, 0.5) is 24.5 Å². The minimum absolute atomic E-state index is 0.0182. The van der Waals surface area contributed by atoms with Crippen molar-refractivity contribution in [2.24, 2.45) is 5.92 Å². The van der Waals surface area contributed by atoms with Crippen LogP contribution in [0.3, 0.4) is 0 Å². The van der Waals surface area contributed by atoms with Gasteiger partial charge in [-0.25, -0.2) is 0 Å². The number of nitrogens with zero attached hydrogens (tertiary/aromatic N) is 3. The average Bonchev–Trinajstić information content (AvgIpc) is 2.78. The molecule has 1 saturated heterocycles. The SMILES string of the molecule is C=CCN(Cc1ccccc1)C(=O)C1CCN(c2ccc(C(F)(F)F)cc2[N+](=O)[O-])CC1. The number of anilines is 1. The van der Waals surface area contributed by atoms with Crippen LogP contribution in [0, 0.1) is 16.0 Å². The van der Waals surface area contributed by atoms with Gasteiger partial charge >= 0.3 is 6.18 Å². The van der Waals surface area contributed by atoms with Gasteiger partial charge in [0.15, 0.2) is 0 Å². The Hall–Kier alpha value is -3.36. The minimum atomic E-state index is -4.66. The summed E-state index contributed by atoms with van der Waals surface area (Å²) >= 11 is 0. The maximum atomic E-state index is 13.1. The van der Waals surface area contributed by atoms with Gasteiger partial charge in [-0.05, 0) is 30.5 Å². The first kappa shape index (κ1) is 23.3. The highest BCUT2D eigenvalue weighted by Crippen LogP contribution is 2.37. The van der Waals surface area contributed by atoms with E-state index in [9.17, 15) is 28.1 Å². The lowest BCUT2D eigenvalue weighted by Gasteiger charge is -2.35. The number of nitro groups is 1. The first-order valence-electron chi connectivity index (χ1n) is 10.2. The largest absolute Gasteiger partial charge is 0.416 e. The van der Waals surface area contributed by atoms with E-state index in [2.05, 4.69) is 6.58 Å².